The Morgan fingerprint density at radius 1 is 0.750 bits per heavy atom. The van der Waals surface area contributed by atoms with E-state index in [2.05, 4.69) is 0 Å². The number of halogens is 2. The van der Waals surface area contributed by atoms with Crippen LogP contribution in [0.5, 0.6) is 0 Å². The van der Waals surface area contributed by atoms with Crippen molar-refractivity contribution in [1.82, 2.24) is 0 Å². The number of hydrogen-bond acceptors (Lipinski definition) is 0. The van der Waals surface area contributed by atoms with Crippen molar-refractivity contribution in [3.8, 4) is 0 Å². The van der Waals surface area contributed by atoms with Gasteiger partial charge in [-0.25, -0.2) is 0 Å². The Morgan fingerprint density at radius 3 is 0.750 bits per heavy atom. The van der Waals surface area contributed by atoms with Crippen LogP contribution < -0.4 is 24.8 Å². The molecule has 0 spiro atoms. The molecule has 0 aromatic rings. The van der Waals surface area contributed by atoms with E-state index in [-0.39, 0.29) is 59.2 Å². The summed E-state index contributed by atoms with van der Waals surface area (Å²) in [5.41, 5.74) is 0. The van der Waals surface area contributed by atoms with Crippen molar-refractivity contribution in [3.63, 3.8) is 0 Å². The minimum absolute atomic E-state index is 0. The molecule has 0 N–H and O–H groups in total. The summed E-state index contributed by atoms with van der Waals surface area (Å²) < 4.78 is 0. The van der Waals surface area contributed by atoms with E-state index in [0.29, 0.717) is 0 Å². The Labute approximate surface area is 59.1 Å². The molecule has 0 atom stereocenters. The molecule has 0 aliphatic heterocycles. The second-order valence-corrected chi connectivity index (χ2v) is 0. The first kappa shape index (κ1) is 45.4. The molecular weight excluding hydrogens is 179 g/mol. The second kappa shape index (κ2) is 22.9. The summed E-state index contributed by atoms with van der Waals surface area (Å²) in [4.78, 5) is 0. The summed E-state index contributed by atoms with van der Waals surface area (Å²) in [5.74, 6) is 0. The van der Waals surface area contributed by atoms with Crippen LogP contribution >= 0.6 is 0 Å². The summed E-state index contributed by atoms with van der Waals surface area (Å²) in [6.45, 7) is 0. The van der Waals surface area contributed by atoms with Gasteiger partial charge < -0.3 is 24.8 Å². The van der Waals surface area contributed by atoms with Crippen molar-refractivity contribution in [2.75, 3.05) is 0 Å². The Balaban J connectivity index is 0. The summed E-state index contributed by atoms with van der Waals surface area (Å²) in [7, 11) is 0. The molecule has 0 radical (unpaired) electrons. The van der Waals surface area contributed by atoms with Gasteiger partial charge in [-0.15, -0.1) is 0 Å². The van der Waals surface area contributed by atoms with Crippen molar-refractivity contribution in [3.05, 3.63) is 0 Å². The van der Waals surface area contributed by atoms with Gasteiger partial charge in [0.25, 0.3) is 0 Å². The van der Waals surface area contributed by atoms with Gasteiger partial charge in [0.15, 0.2) is 0 Å². The molecule has 0 amide bonds. The van der Waals surface area contributed by atoms with Crippen LogP contribution in [0, 0.1) is 0 Å². The molecule has 0 aromatic carbocycles. The van der Waals surface area contributed by atoms with E-state index < -0.39 is 0 Å². The van der Waals surface area contributed by atoms with E-state index in [1.54, 1.807) is 0 Å². The van der Waals surface area contributed by atoms with E-state index in [1.165, 1.54) is 0 Å². The predicted molar refractivity (Wildman–Crippen MR) is 0 cm³/mol. The Hall–Kier alpha value is 1.63. The third kappa shape index (κ3) is 9.45. The molecule has 0 bridgehead atoms. The Bertz CT molecular complexity index is 6.00. The fourth-order valence-corrected chi connectivity index (χ4v) is 0. The molecule has 0 unspecified atom stereocenters. The maximum absolute atomic E-state index is 0. The molecule has 0 aliphatic carbocycles. The minimum Gasteiger partial charge on any atom is -1.00 e. The van der Waals surface area contributed by atoms with E-state index in [0.717, 1.165) is 0 Å². The molecule has 0 nitrogen and oxygen atoms in total. The fourth-order valence-electron chi connectivity index (χ4n) is 0. The normalized spacial score (nSPS) is 0. The largest absolute Gasteiger partial charge is 2.00 e. The van der Waals surface area contributed by atoms with E-state index >= 15 is 0 Å². The van der Waals surface area contributed by atoms with Gasteiger partial charge in [0.2, 0.25) is 0 Å². The number of rotatable bonds is 0. The standard InChI is InChI=1S/2ClH.Cr.Fe/h2*1H;;/q;;;+2/p-2. The van der Waals surface area contributed by atoms with Crippen LogP contribution in [0.4, 0.5) is 0 Å². The molecule has 28 valence electrons. The van der Waals surface area contributed by atoms with Crippen molar-refractivity contribution in [2.45, 2.75) is 0 Å². The summed E-state index contributed by atoms with van der Waals surface area (Å²) in [5, 5.41) is 0. The van der Waals surface area contributed by atoms with Crippen LogP contribution in [0.25, 0.3) is 0 Å². The van der Waals surface area contributed by atoms with Crippen molar-refractivity contribution in [2.24, 2.45) is 0 Å². The van der Waals surface area contributed by atoms with E-state index in [9.17, 15) is 0 Å². The van der Waals surface area contributed by atoms with Crippen LogP contribution in [0.1, 0.15) is 0 Å². The molecule has 0 aliphatic rings. The molecule has 0 aromatic heterocycles. The van der Waals surface area contributed by atoms with Crippen LogP contribution in [0.2, 0.25) is 0 Å². The van der Waals surface area contributed by atoms with Crippen molar-refractivity contribution in [1.29, 1.82) is 0 Å². The fraction of sp³-hybridized carbons (Fsp3) is 0. The first-order valence-corrected chi connectivity index (χ1v) is 0. The number of hydrogen-bond donors (Lipinski definition) is 0. The topological polar surface area (TPSA) is 0 Å². The van der Waals surface area contributed by atoms with Crippen LogP contribution in [0.3, 0.4) is 0 Å². The third-order valence-electron chi connectivity index (χ3n) is 0. The van der Waals surface area contributed by atoms with Gasteiger partial charge in [0, 0.05) is 17.4 Å². The van der Waals surface area contributed by atoms with Gasteiger partial charge in [0.1, 0.15) is 0 Å². The monoisotopic (exact) mass is 178 g/mol. The molecule has 0 fully saturated rings. The second-order valence-electron chi connectivity index (χ2n) is 0. The SMILES string of the molecule is [Cl-].[Cl-].[Cr].[Fe+2]. The van der Waals surface area contributed by atoms with Gasteiger partial charge in [-0.2, -0.15) is 0 Å². The van der Waals surface area contributed by atoms with Crippen LogP contribution in [-0.2, 0) is 34.4 Å². The molecule has 0 heterocycles. The zero-order valence-corrected chi connectivity index (χ0v) is 5.41. The smallest absolute Gasteiger partial charge is 1.00 e. The van der Waals surface area contributed by atoms with Crippen LogP contribution in [0.15, 0.2) is 0 Å². The van der Waals surface area contributed by atoms with Gasteiger partial charge in [-0.05, 0) is 0 Å². The first-order chi connectivity index (χ1) is 0. The first-order valence-electron chi connectivity index (χ1n) is 0. The average Bonchev–Trinajstić information content (AvgIpc) is 0. The molecular formula is Cl2CrFe. The predicted octanol–water partition coefficient (Wildman–Crippen LogP) is -6.00. The average molecular weight is 179 g/mol. The van der Waals surface area contributed by atoms with Gasteiger partial charge >= 0.3 is 17.1 Å². The quantitative estimate of drug-likeness (QED) is 0.324. The molecule has 4 heavy (non-hydrogen) atoms. The summed E-state index contributed by atoms with van der Waals surface area (Å²) in [6.07, 6.45) is 0. The molecule has 0 rings (SSSR count). The molecule has 4 heteroatoms. The van der Waals surface area contributed by atoms with Gasteiger partial charge in [-0.3, -0.25) is 0 Å². The minimum atomic E-state index is 0. The maximum Gasteiger partial charge on any atom is 2.00 e. The Kier molecular flexibility index (Phi) is 260. The molecule has 0 saturated carbocycles. The van der Waals surface area contributed by atoms with Gasteiger partial charge in [-0.1, -0.05) is 0 Å². The van der Waals surface area contributed by atoms with Crippen molar-refractivity contribution >= 4 is 0 Å². The summed E-state index contributed by atoms with van der Waals surface area (Å²) in [6, 6.07) is 0. The molecule has 0 saturated heterocycles. The maximum atomic E-state index is 0. The van der Waals surface area contributed by atoms with E-state index in [4.69, 9.17) is 0 Å². The van der Waals surface area contributed by atoms with Crippen molar-refractivity contribution < 1.29 is 59.2 Å². The zero-order chi connectivity index (χ0) is 0. The van der Waals surface area contributed by atoms with Gasteiger partial charge in [0.05, 0.1) is 0 Å². The zero-order valence-electron chi connectivity index (χ0n) is 1.52. The Morgan fingerprint density at radius 2 is 0.750 bits per heavy atom. The summed E-state index contributed by atoms with van der Waals surface area (Å²) >= 11 is 0. The third-order valence-corrected chi connectivity index (χ3v) is 0. The van der Waals surface area contributed by atoms with Crippen LogP contribution in [-0.4, -0.2) is 0 Å². The van der Waals surface area contributed by atoms with E-state index in [1.807, 2.05) is 0 Å².